The molecule has 0 atom stereocenters. The number of nitro groups is 1. The summed E-state index contributed by atoms with van der Waals surface area (Å²) in [5.41, 5.74) is 1.45. The molecule has 132 valence electrons. The van der Waals surface area contributed by atoms with Gasteiger partial charge in [0.05, 0.1) is 22.2 Å². The summed E-state index contributed by atoms with van der Waals surface area (Å²) < 4.78 is 1.17. The number of rotatable bonds is 5. The van der Waals surface area contributed by atoms with Gasteiger partial charge < -0.3 is 5.32 Å². The molecule has 26 heavy (non-hydrogen) atoms. The van der Waals surface area contributed by atoms with Gasteiger partial charge in [-0.3, -0.25) is 24.3 Å². The molecule has 1 N–H and O–H groups in total. The van der Waals surface area contributed by atoms with Gasteiger partial charge in [-0.2, -0.15) is 0 Å². The number of nitrogens with one attached hydrogen (secondary N) is 1. The van der Waals surface area contributed by atoms with Gasteiger partial charge in [-0.25, -0.2) is 4.98 Å². The summed E-state index contributed by atoms with van der Waals surface area (Å²) in [7, 11) is 0. The molecule has 1 aromatic heterocycles. The quantitative estimate of drug-likeness (QED) is 0.561. The molecule has 8 heteroatoms. The Hall–Kier alpha value is -3.55. The first-order valence-corrected chi connectivity index (χ1v) is 8.00. The van der Waals surface area contributed by atoms with E-state index in [1.807, 2.05) is 19.1 Å². The number of non-ortho nitro benzene ring substituents is 1. The van der Waals surface area contributed by atoms with Crippen LogP contribution in [0.2, 0.25) is 0 Å². The molecule has 0 saturated heterocycles. The van der Waals surface area contributed by atoms with E-state index in [0.717, 1.165) is 12.0 Å². The molecule has 1 amide bonds. The van der Waals surface area contributed by atoms with Gasteiger partial charge in [0.15, 0.2) is 0 Å². The molecule has 0 radical (unpaired) electrons. The smallest absolute Gasteiger partial charge is 0.271 e. The van der Waals surface area contributed by atoms with Crippen molar-refractivity contribution in [1.82, 2.24) is 9.55 Å². The Morgan fingerprint density at radius 1 is 1.23 bits per heavy atom. The van der Waals surface area contributed by atoms with Crippen LogP contribution in [0.15, 0.2) is 53.6 Å². The number of hydrogen-bond donors (Lipinski definition) is 1. The number of nitrogens with zero attached hydrogens (tertiary/aromatic N) is 3. The van der Waals surface area contributed by atoms with Crippen LogP contribution in [0.25, 0.3) is 10.9 Å². The number of aryl methyl sites for hydroxylation is 1. The monoisotopic (exact) mass is 352 g/mol. The van der Waals surface area contributed by atoms with Crippen LogP contribution in [-0.4, -0.2) is 20.4 Å². The first-order valence-electron chi connectivity index (χ1n) is 8.00. The fourth-order valence-corrected chi connectivity index (χ4v) is 2.55. The van der Waals surface area contributed by atoms with Crippen molar-refractivity contribution in [3.8, 4) is 0 Å². The predicted octanol–water partition coefficient (Wildman–Crippen LogP) is 2.51. The summed E-state index contributed by atoms with van der Waals surface area (Å²) in [6.45, 7) is 1.84. The number of nitro benzene ring substituents is 1. The van der Waals surface area contributed by atoms with Gasteiger partial charge in [0, 0.05) is 17.8 Å². The number of benzene rings is 2. The Morgan fingerprint density at radius 2 is 1.96 bits per heavy atom. The highest BCUT2D eigenvalue weighted by atomic mass is 16.6. The number of hydrogen-bond acceptors (Lipinski definition) is 5. The fourth-order valence-electron chi connectivity index (χ4n) is 2.55. The molecule has 1 heterocycles. The summed E-state index contributed by atoms with van der Waals surface area (Å²) in [6, 6.07) is 11.3. The maximum absolute atomic E-state index is 12.5. The topological polar surface area (TPSA) is 107 Å². The Balaban J connectivity index is 1.80. The summed E-state index contributed by atoms with van der Waals surface area (Å²) >= 11 is 0. The van der Waals surface area contributed by atoms with Crippen molar-refractivity contribution in [1.29, 1.82) is 0 Å². The van der Waals surface area contributed by atoms with E-state index in [-0.39, 0.29) is 29.0 Å². The van der Waals surface area contributed by atoms with Gasteiger partial charge in [0.1, 0.15) is 6.54 Å². The van der Waals surface area contributed by atoms with Crippen LogP contribution < -0.4 is 10.9 Å². The Kier molecular flexibility index (Phi) is 4.74. The van der Waals surface area contributed by atoms with Crippen molar-refractivity contribution >= 4 is 28.2 Å². The summed E-state index contributed by atoms with van der Waals surface area (Å²) in [6.07, 6.45) is 2.12. The van der Waals surface area contributed by atoms with Crippen LogP contribution >= 0.6 is 0 Å². The van der Waals surface area contributed by atoms with Crippen LogP contribution in [0.1, 0.15) is 12.5 Å². The SMILES string of the molecule is CCc1ccc(NC(=O)Cn2cnc3cc([N+](=O)[O-])ccc3c2=O)cc1. The lowest BCUT2D eigenvalue weighted by molar-refractivity contribution is -0.384. The minimum atomic E-state index is -0.552. The third-order valence-corrected chi connectivity index (χ3v) is 3.98. The first-order chi connectivity index (χ1) is 12.5. The lowest BCUT2D eigenvalue weighted by Gasteiger charge is -2.08. The van der Waals surface area contributed by atoms with Crippen LogP contribution in [0.4, 0.5) is 11.4 Å². The maximum Gasteiger partial charge on any atom is 0.271 e. The fraction of sp³-hybridized carbons (Fsp3) is 0.167. The summed E-state index contributed by atoms with van der Waals surface area (Å²) in [5.74, 6) is -0.362. The lowest BCUT2D eigenvalue weighted by Crippen LogP contribution is -2.27. The zero-order chi connectivity index (χ0) is 18.7. The molecule has 0 unspecified atom stereocenters. The molecule has 3 rings (SSSR count). The van der Waals surface area contributed by atoms with Crippen LogP contribution in [0, 0.1) is 10.1 Å². The van der Waals surface area contributed by atoms with Gasteiger partial charge in [-0.15, -0.1) is 0 Å². The molecular formula is C18H16N4O4. The molecule has 0 aliphatic rings. The van der Waals surface area contributed by atoms with Crippen molar-refractivity contribution in [3.63, 3.8) is 0 Å². The molecular weight excluding hydrogens is 336 g/mol. The lowest BCUT2D eigenvalue weighted by atomic mass is 10.1. The first kappa shape index (κ1) is 17.3. The highest BCUT2D eigenvalue weighted by Crippen LogP contribution is 2.16. The van der Waals surface area contributed by atoms with E-state index in [1.165, 1.54) is 29.1 Å². The summed E-state index contributed by atoms with van der Waals surface area (Å²) in [4.78, 5) is 38.9. The summed E-state index contributed by atoms with van der Waals surface area (Å²) in [5, 5.41) is 13.7. The number of carbonyl (C=O) groups excluding carboxylic acids is 1. The van der Waals surface area contributed by atoms with Gasteiger partial charge in [-0.05, 0) is 30.2 Å². The Labute approximate surface area is 148 Å². The van der Waals surface area contributed by atoms with Crippen molar-refractivity contribution < 1.29 is 9.72 Å². The second-order valence-corrected chi connectivity index (χ2v) is 5.73. The molecule has 0 saturated carbocycles. The van der Waals surface area contributed by atoms with Crippen molar-refractivity contribution in [2.45, 2.75) is 19.9 Å². The van der Waals surface area contributed by atoms with Gasteiger partial charge in [0.2, 0.25) is 5.91 Å². The zero-order valence-corrected chi connectivity index (χ0v) is 14.0. The number of carbonyl (C=O) groups is 1. The maximum atomic E-state index is 12.5. The van der Waals surface area contributed by atoms with E-state index in [4.69, 9.17) is 0 Å². The van der Waals surface area contributed by atoms with Gasteiger partial charge in [0.25, 0.3) is 11.2 Å². The minimum absolute atomic E-state index is 0.143. The van der Waals surface area contributed by atoms with Gasteiger partial charge in [-0.1, -0.05) is 19.1 Å². The molecule has 0 aliphatic heterocycles. The molecule has 0 aliphatic carbocycles. The van der Waals surface area contributed by atoms with Crippen LogP contribution in [0.5, 0.6) is 0 Å². The largest absolute Gasteiger partial charge is 0.325 e. The van der Waals surface area contributed by atoms with Crippen molar-refractivity contribution in [2.75, 3.05) is 5.32 Å². The standard InChI is InChI=1S/C18H16N4O4/c1-2-12-3-5-13(6-4-12)20-17(23)10-21-11-19-16-9-14(22(25)26)7-8-15(16)18(21)24/h3-9,11H,2,10H2,1H3,(H,20,23). The van der Waals surface area contributed by atoms with E-state index >= 15 is 0 Å². The Morgan fingerprint density at radius 3 is 2.62 bits per heavy atom. The average Bonchev–Trinajstić information content (AvgIpc) is 2.64. The zero-order valence-electron chi connectivity index (χ0n) is 14.0. The van der Waals surface area contributed by atoms with E-state index in [9.17, 15) is 19.7 Å². The number of aromatic nitrogens is 2. The highest BCUT2D eigenvalue weighted by molar-refractivity contribution is 5.90. The molecule has 0 spiro atoms. The van der Waals surface area contributed by atoms with E-state index in [1.54, 1.807) is 12.1 Å². The third kappa shape index (κ3) is 3.59. The molecule has 0 bridgehead atoms. The Bertz CT molecular complexity index is 1040. The predicted molar refractivity (Wildman–Crippen MR) is 97.1 cm³/mol. The highest BCUT2D eigenvalue weighted by Gasteiger charge is 2.12. The molecule has 8 nitrogen and oxygen atoms in total. The normalized spacial score (nSPS) is 10.7. The van der Waals surface area contributed by atoms with Crippen LogP contribution in [0.3, 0.4) is 0 Å². The van der Waals surface area contributed by atoms with Crippen molar-refractivity contribution in [2.24, 2.45) is 0 Å². The van der Waals surface area contributed by atoms with Crippen LogP contribution in [-0.2, 0) is 17.8 Å². The minimum Gasteiger partial charge on any atom is -0.325 e. The number of anilines is 1. The molecule has 0 fully saturated rings. The second-order valence-electron chi connectivity index (χ2n) is 5.73. The molecule has 3 aromatic rings. The van der Waals surface area contributed by atoms with E-state index in [0.29, 0.717) is 5.69 Å². The van der Waals surface area contributed by atoms with E-state index < -0.39 is 10.5 Å². The third-order valence-electron chi connectivity index (χ3n) is 3.98. The number of fused-ring (bicyclic) bond motifs is 1. The second kappa shape index (κ2) is 7.14. The average molecular weight is 352 g/mol. The molecule has 2 aromatic carbocycles. The van der Waals surface area contributed by atoms with E-state index in [2.05, 4.69) is 10.3 Å². The number of amides is 1. The van der Waals surface area contributed by atoms with Crippen molar-refractivity contribution in [3.05, 3.63) is 74.8 Å². The van der Waals surface area contributed by atoms with Gasteiger partial charge >= 0.3 is 0 Å².